The van der Waals surface area contributed by atoms with Crippen LogP contribution < -0.4 is 0 Å². The summed E-state index contributed by atoms with van der Waals surface area (Å²) in [4.78, 5) is 8.32. The predicted molar refractivity (Wildman–Crippen MR) is 70.0 cm³/mol. The quantitative estimate of drug-likeness (QED) is 0.629. The van der Waals surface area contributed by atoms with Crippen LogP contribution in [0.15, 0.2) is 45.4 Å². The molecule has 0 atom stereocenters. The molecule has 0 aliphatic carbocycles. The van der Waals surface area contributed by atoms with Crippen LogP contribution in [-0.4, -0.2) is 9.97 Å². The normalized spacial score (nSPS) is 10.9. The molecule has 3 rings (SSSR count). The molecule has 84 valence electrons. The van der Waals surface area contributed by atoms with E-state index >= 15 is 0 Å². The van der Waals surface area contributed by atoms with E-state index in [1.165, 1.54) is 0 Å². The van der Waals surface area contributed by atoms with E-state index in [9.17, 15) is 0 Å². The summed E-state index contributed by atoms with van der Waals surface area (Å²) in [7, 11) is 0. The van der Waals surface area contributed by atoms with E-state index in [0.717, 1.165) is 11.0 Å². The van der Waals surface area contributed by atoms with Gasteiger partial charge >= 0.3 is 0 Å². The SMILES string of the molecule is Clc1nc(-c2cc3ccccc3o2)ncc1Br. The minimum absolute atomic E-state index is 0.371. The van der Waals surface area contributed by atoms with Crippen molar-refractivity contribution < 1.29 is 4.42 Å². The lowest BCUT2D eigenvalue weighted by molar-refractivity contribution is 0.625. The highest BCUT2D eigenvalue weighted by Gasteiger charge is 2.10. The van der Waals surface area contributed by atoms with Crippen LogP contribution in [0.3, 0.4) is 0 Å². The van der Waals surface area contributed by atoms with Gasteiger partial charge < -0.3 is 4.42 Å². The lowest BCUT2D eigenvalue weighted by atomic mass is 10.2. The summed E-state index contributed by atoms with van der Waals surface area (Å²) in [5.74, 6) is 1.09. The lowest BCUT2D eigenvalue weighted by Gasteiger charge is -1.97. The van der Waals surface area contributed by atoms with Gasteiger partial charge in [0.2, 0.25) is 0 Å². The summed E-state index contributed by atoms with van der Waals surface area (Å²) in [6.45, 7) is 0. The maximum atomic E-state index is 5.92. The van der Waals surface area contributed by atoms with Crippen LogP contribution in [0, 0.1) is 0 Å². The first-order chi connectivity index (χ1) is 8.24. The van der Waals surface area contributed by atoms with Crippen molar-refractivity contribution in [3.05, 3.63) is 46.2 Å². The van der Waals surface area contributed by atoms with Crippen LogP contribution in [0.1, 0.15) is 0 Å². The lowest BCUT2D eigenvalue weighted by Crippen LogP contribution is -1.87. The highest BCUT2D eigenvalue weighted by Crippen LogP contribution is 2.27. The number of aromatic nitrogens is 2. The molecule has 0 fully saturated rings. The second-order valence-corrected chi connectivity index (χ2v) is 4.69. The minimum Gasteiger partial charge on any atom is -0.453 e. The summed E-state index contributed by atoms with van der Waals surface area (Å²) in [6.07, 6.45) is 1.61. The molecule has 17 heavy (non-hydrogen) atoms. The summed E-state index contributed by atoms with van der Waals surface area (Å²) < 4.78 is 6.32. The molecule has 3 nitrogen and oxygen atoms in total. The second-order valence-electron chi connectivity index (χ2n) is 3.48. The van der Waals surface area contributed by atoms with Crippen LogP contribution in [0.5, 0.6) is 0 Å². The second kappa shape index (κ2) is 4.13. The Kier molecular flexibility index (Phi) is 2.61. The molecule has 0 saturated heterocycles. The Morgan fingerprint density at radius 3 is 2.82 bits per heavy atom. The zero-order valence-electron chi connectivity index (χ0n) is 8.52. The Hall–Kier alpha value is -1.39. The number of furan rings is 1. The molecule has 0 N–H and O–H groups in total. The molecular weight excluding hydrogens is 304 g/mol. The Morgan fingerprint density at radius 1 is 1.24 bits per heavy atom. The Balaban J connectivity index is 2.17. The third-order valence-corrected chi connectivity index (χ3v) is 3.44. The molecule has 3 aromatic rings. The molecule has 0 amide bonds. The Morgan fingerprint density at radius 2 is 2.06 bits per heavy atom. The van der Waals surface area contributed by atoms with Gasteiger partial charge in [-0.1, -0.05) is 29.8 Å². The van der Waals surface area contributed by atoms with Crippen LogP contribution >= 0.6 is 27.5 Å². The van der Waals surface area contributed by atoms with Crippen molar-refractivity contribution in [2.75, 3.05) is 0 Å². The number of para-hydroxylation sites is 1. The number of fused-ring (bicyclic) bond motifs is 1. The van der Waals surface area contributed by atoms with Gasteiger partial charge in [0.25, 0.3) is 0 Å². The Labute approximate surface area is 111 Å². The number of nitrogens with zero attached hydrogens (tertiary/aromatic N) is 2. The van der Waals surface area contributed by atoms with Crippen LogP contribution in [0.4, 0.5) is 0 Å². The first kappa shape index (κ1) is 10.7. The van der Waals surface area contributed by atoms with E-state index in [1.807, 2.05) is 30.3 Å². The number of benzene rings is 1. The van der Waals surface area contributed by atoms with Gasteiger partial charge in [0.05, 0.1) is 4.47 Å². The van der Waals surface area contributed by atoms with Crippen molar-refractivity contribution in [2.45, 2.75) is 0 Å². The maximum Gasteiger partial charge on any atom is 0.197 e. The van der Waals surface area contributed by atoms with Crippen molar-refractivity contribution in [2.24, 2.45) is 0 Å². The van der Waals surface area contributed by atoms with Crippen molar-refractivity contribution in [1.29, 1.82) is 0 Å². The van der Waals surface area contributed by atoms with Gasteiger partial charge in [0.15, 0.2) is 11.6 Å². The molecule has 5 heteroatoms. The first-order valence-electron chi connectivity index (χ1n) is 4.91. The molecular formula is C12H6BrClN2O. The van der Waals surface area contributed by atoms with Crippen molar-refractivity contribution in [3.63, 3.8) is 0 Å². The topological polar surface area (TPSA) is 38.9 Å². The van der Waals surface area contributed by atoms with E-state index in [2.05, 4.69) is 25.9 Å². The van der Waals surface area contributed by atoms with E-state index in [1.54, 1.807) is 6.20 Å². The van der Waals surface area contributed by atoms with Gasteiger partial charge in [-0.15, -0.1) is 0 Å². The molecule has 2 aromatic heterocycles. The average molecular weight is 310 g/mol. The van der Waals surface area contributed by atoms with Crippen LogP contribution in [-0.2, 0) is 0 Å². The third kappa shape index (κ3) is 1.94. The molecule has 0 aliphatic rings. The maximum absolute atomic E-state index is 5.92. The zero-order chi connectivity index (χ0) is 11.8. The standard InChI is InChI=1S/C12H6BrClN2O/c13-8-6-15-12(16-11(8)14)10-5-7-3-1-2-4-9(7)17-10/h1-6H. The minimum atomic E-state index is 0.371. The van der Waals surface area contributed by atoms with E-state index in [0.29, 0.717) is 21.2 Å². The molecule has 0 aliphatic heterocycles. The third-order valence-electron chi connectivity index (χ3n) is 2.35. The Bertz CT molecular complexity index is 663. The molecule has 2 heterocycles. The van der Waals surface area contributed by atoms with Crippen molar-refractivity contribution in [3.8, 4) is 11.6 Å². The van der Waals surface area contributed by atoms with E-state index in [-0.39, 0.29) is 0 Å². The highest BCUT2D eigenvalue weighted by atomic mass is 79.9. The fourth-order valence-electron chi connectivity index (χ4n) is 1.56. The fourth-order valence-corrected chi connectivity index (χ4v) is 1.88. The number of rotatable bonds is 1. The van der Waals surface area contributed by atoms with Crippen LogP contribution in [0.25, 0.3) is 22.6 Å². The highest BCUT2D eigenvalue weighted by molar-refractivity contribution is 9.10. The van der Waals surface area contributed by atoms with Crippen molar-refractivity contribution >= 4 is 38.5 Å². The summed E-state index contributed by atoms with van der Waals surface area (Å²) >= 11 is 9.17. The zero-order valence-corrected chi connectivity index (χ0v) is 10.9. The largest absolute Gasteiger partial charge is 0.453 e. The van der Waals surface area contributed by atoms with Gasteiger partial charge in [-0.2, -0.15) is 0 Å². The van der Waals surface area contributed by atoms with Crippen molar-refractivity contribution in [1.82, 2.24) is 9.97 Å². The average Bonchev–Trinajstić information content (AvgIpc) is 2.76. The molecule has 0 radical (unpaired) electrons. The summed E-state index contributed by atoms with van der Waals surface area (Å²) in [5, 5.41) is 1.39. The van der Waals surface area contributed by atoms with Gasteiger partial charge in [0.1, 0.15) is 10.7 Å². The number of halogens is 2. The molecule has 0 bridgehead atoms. The van der Waals surface area contributed by atoms with Gasteiger partial charge in [-0.05, 0) is 28.1 Å². The number of hydrogen-bond acceptors (Lipinski definition) is 3. The molecule has 1 aromatic carbocycles. The summed E-state index contributed by atoms with van der Waals surface area (Å²) in [6, 6.07) is 9.65. The van der Waals surface area contributed by atoms with Gasteiger partial charge in [-0.25, -0.2) is 9.97 Å². The number of hydrogen-bond donors (Lipinski definition) is 0. The first-order valence-corrected chi connectivity index (χ1v) is 6.08. The van der Waals surface area contributed by atoms with E-state index in [4.69, 9.17) is 16.0 Å². The molecule has 0 saturated carbocycles. The monoisotopic (exact) mass is 308 g/mol. The van der Waals surface area contributed by atoms with Crippen LogP contribution in [0.2, 0.25) is 5.15 Å². The van der Waals surface area contributed by atoms with Gasteiger partial charge in [-0.3, -0.25) is 0 Å². The van der Waals surface area contributed by atoms with Gasteiger partial charge in [0, 0.05) is 11.6 Å². The fraction of sp³-hybridized carbons (Fsp3) is 0. The smallest absolute Gasteiger partial charge is 0.197 e. The molecule has 0 unspecified atom stereocenters. The van der Waals surface area contributed by atoms with E-state index < -0.39 is 0 Å². The molecule has 0 spiro atoms. The summed E-state index contributed by atoms with van der Waals surface area (Å²) in [5.41, 5.74) is 0.810. The predicted octanol–water partition coefficient (Wildman–Crippen LogP) is 4.31.